The first-order chi connectivity index (χ1) is 8.50. The number of piperidine rings is 1. The summed E-state index contributed by atoms with van der Waals surface area (Å²) in [6.07, 6.45) is 1.96. The van der Waals surface area contributed by atoms with E-state index in [0.29, 0.717) is 5.78 Å². The molecule has 4 heteroatoms. The molecule has 0 radical (unpaired) electrons. The van der Waals surface area contributed by atoms with Crippen molar-refractivity contribution >= 4 is 17.4 Å². The van der Waals surface area contributed by atoms with Gasteiger partial charge in [-0.15, -0.1) is 6.58 Å². The Labute approximate surface area is 115 Å². The lowest BCUT2D eigenvalue weighted by Gasteiger charge is -2.52. The van der Waals surface area contributed by atoms with E-state index in [9.17, 15) is 4.79 Å². The van der Waals surface area contributed by atoms with Gasteiger partial charge >= 0.3 is 0 Å². The van der Waals surface area contributed by atoms with Gasteiger partial charge in [0.05, 0.1) is 31.5 Å². The highest BCUT2D eigenvalue weighted by atomic mass is 35.5. The maximum Gasteiger partial charge on any atom is 0.174 e. The number of Topliss-reactive ketones (excluding diaryl/α,β-unsaturated/α-hetero) is 1. The second-order valence-corrected chi connectivity index (χ2v) is 6.35. The van der Waals surface area contributed by atoms with Crippen LogP contribution in [0.4, 0.5) is 0 Å². The fraction of sp³-hybridized carbons (Fsp3) is 0.786. The van der Waals surface area contributed by atoms with Crippen LogP contribution >= 0.6 is 11.6 Å². The molecule has 2 aliphatic heterocycles. The first kappa shape index (κ1) is 14.0. The third-order valence-corrected chi connectivity index (χ3v) is 5.41. The van der Waals surface area contributed by atoms with Gasteiger partial charge in [0.1, 0.15) is 0 Å². The van der Waals surface area contributed by atoms with E-state index in [1.807, 2.05) is 13.0 Å². The first-order valence-corrected chi connectivity index (χ1v) is 7.30. The molecule has 1 spiro atoms. The molecule has 0 N–H and O–H groups in total. The molecule has 2 fully saturated rings. The van der Waals surface area contributed by atoms with Gasteiger partial charge in [0, 0.05) is 19.6 Å². The number of quaternary nitrogens is 1. The lowest BCUT2D eigenvalue weighted by molar-refractivity contribution is -0.949. The third kappa shape index (κ3) is 2.36. The average molecular weight is 272 g/mol. The molecule has 102 valence electrons. The van der Waals surface area contributed by atoms with Gasteiger partial charge < -0.3 is 4.48 Å². The summed E-state index contributed by atoms with van der Waals surface area (Å²) in [5, 5.41) is 0. The van der Waals surface area contributed by atoms with Gasteiger partial charge in [-0.3, -0.25) is 9.69 Å². The van der Waals surface area contributed by atoms with E-state index in [2.05, 4.69) is 18.4 Å². The van der Waals surface area contributed by atoms with Crippen molar-refractivity contribution < 1.29 is 9.28 Å². The van der Waals surface area contributed by atoms with E-state index < -0.39 is 0 Å². The van der Waals surface area contributed by atoms with Gasteiger partial charge in [-0.05, 0) is 6.92 Å². The Balaban J connectivity index is 2.08. The summed E-state index contributed by atoms with van der Waals surface area (Å²) < 4.78 is 0.920. The summed E-state index contributed by atoms with van der Waals surface area (Å²) in [5.74, 6) is 0.481. The van der Waals surface area contributed by atoms with Crippen LogP contribution in [0.25, 0.3) is 0 Å². The Morgan fingerprint density at radius 2 is 2.06 bits per heavy atom. The van der Waals surface area contributed by atoms with Gasteiger partial charge in [-0.2, -0.15) is 0 Å². The van der Waals surface area contributed by atoms with E-state index in [-0.39, 0.29) is 17.3 Å². The molecule has 3 nitrogen and oxygen atoms in total. The molecule has 2 saturated heterocycles. The summed E-state index contributed by atoms with van der Waals surface area (Å²) in [6.45, 7) is 13.9. The maximum absolute atomic E-state index is 12.0. The van der Waals surface area contributed by atoms with Crippen molar-refractivity contribution in [2.45, 2.75) is 19.3 Å². The summed E-state index contributed by atoms with van der Waals surface area (Å²) >= 11 is 6.60. The predicted molar refractivity (Wildman–Crippen MR) is 74.5 cm³/mol. The predicted octanol–water partition coefficient (Wildman–Crippen LogP) is 1.72. The van der Waals surface area contributed by atoms with E-state index in [1.54, 1.807) is 0 Å². The molecule has 0 bridgehead atoms. The van der Waals surface area contributed by atoms with Crippen LogP contribution in [0.3, 0.4) is 0 Å². The van der Waals surface area contributed by atoms with Crippen LogP contribution in [-0.2, 0) is 4.79 Å². The smallest absolute Gasteiger partial charge is 0.174 e. The van der Waals surface area contributed by atoms with Crippen molar-refractivity contribution in [2.24, 2.45) is 11.8 Å². The standard InChI is InChI=1S/C14H24ClN2O/c1-4-5-16-6-8-17(9-7-16)10-11(2)13(18)12(3)14(17)15/h4,11-12,14H,1,5-10H2,2-3H3/q+1. The second kappa shape index (κ2) is 5.32. The normalized spacial score (nSPS) is 36.8. The minimum atomic E-state index is -0.0421. The quantitative estimate of drug-likeness (QED) is 0.330. The molecule has 0 aromatic rings. The molecular weight excluding hydrogens is 248 g/mol. The van der Waals surface area contributed by atoms with E-state index in [0.717, 1.165) is 43.8 Å². The number of alkyl halides is 1. The maximum atomic E-state index is 12.0. The molecule has 3 unspecified atom stereocenters. The minimum Gasteiger partial charge on any atom is -0.305 e. The molecule has 0 aromatic heterocycles. The molecular formula is C14H24ClN2O+. The summed E-state index contributed by atoms with van der Waals surface area (Å²) in [4.78, 5) is 14.4. The highest BCUT2D eigenvalue weighted by molar-refractivity contribution is 6.21. The van der Waals surface area contributed by atoms with Gasteiger partial charge in [0.2, 0.25) is 0 Å². The van der Waals surface area contributed by atoms with Crippen molar-refractivity contribution in [1.82, 2.24) is 4.90 Å². The zero-order chi connectivity index (χ0) is 13.3. The zero-order valence-electron chi connectivity index (χ0n) is 11.4. The molecule has 2 rings (SSSR count). The second-order valence-electron chi connectivity index (χ2n) is 5.90. The van der Waals surface area contributed by atoms with Crippen LogP contribution in [-0.4, -0.2) is 59.9 Å². The van der Waals surface area contributed by atoms with E-state index in [4.69, 9.17) is 11.6 Å². The Kier molecular flexibility index (Phi) is 4.15. The lowest BCUT2D eigenvalue weighted by atomic mass is 9.87. The Bertz CT molecular complexity index is 337. The van der Waals surface area contributed by atoms with Gasteiger partial charge in [-0.1, -0.05) is 24.6 Å². The van der Waals surface area contributed by atoms with Gasteiger partial charge in [0.25, 0.3) is 0 Å². The van der Waals surface area contributed by atoms with Gasteiger partial charge in [-0.25, -0.2) is 0 Å². The highest BCUT2D eigenvalue weighted by Crippen LogP contribution is 2.34. The van der Waals surface area contributed by atoms with Crippen LogP contribution in [0, 0.1) is 11.8 Å². The van der Waals surface area contributed by atoms with Crippen molar-refractivity contribution in [3.8, 4) is 0 Å². The molecule has 2 heterocycles. The SMILES string of the molecule is C=CCN1CC[N+]2(CC1)CC(C)C(=O)C(C)C2Cl. The zero-order valence-corrected chi connectivity index (χ0v) is 12.2. The fourth-order valence-corrected chi connectivity index (χ4v) is 3.89. The first-order valence-electron chi connectivity index (χ1n) is 6.87. The Morgan fingerprint density at radius 1 is 1.44 bits per heavy atom. The highest BCUT2D eigenvalue weighted by Gasteiger charge is 2.50. The lowest BCUT2D eigenvalue weighted by Crippen LogP contribution is -2.69. The van der Waals surface area contributed by atoms with Gasteiger partial charge in [0.15, 0.2) is 11.3 Å². The molecule has 2 aliphatic rings. The topological polar surface area (TPSA) is 20.3 Å². The fourth-order valence-electron chi connectivity index (χ4n) is 3.49. The number of piperazine rings is 1. The number of carbonyl (C=O) groups is 1. The monoisotopic (exact) mass is 271 g/mol. The molecule has 3 atom stereocenters. The number of hydrogen-bond donors (Lipinski definition) is 0. The molecule has 18 heavy (non-hydrogen) atoms. The number of rotatable bonds is 2. The van der Waals surface area contributed by atoms with Crippen LogP contribution in [0.5, 0.6) is 0 Å². The molecule has 0 saturated carbocycles. The molecule has 0 aromatic carbocycles. The van der Waals surface area contributed by atoms with E-state index >= 15 is 0 Å². The van der Waals surface area contributed by atoms with Crippen LogP contribution in [0.15, 0.2) is 12.7 Å². The van der Waals surface area contributed by atoms with Crippen LogP contribution in [0.2, 0.25) is 0 Å². The van der Waals surface area contributed by atoms with Crippen molar-refractivity contribution in [1.29, 1.82) is 0 Å². The average Bonchev–Trinajstić information content (AvgIpc) is 2.37. The molecule has 0 amide bonds. The summed E-state index contributed by atoms with van der Waals surface area (Å²) in [7, 11) is 0. The van der Waals surface area contributed by atoms with E-state index in [1.165, 1.54) is 0 Å². The third-order valence-electron chi connectivity index (χ3n) is 4.62. The number of hydrogen-bond acceptors (Lipinski definition) is 2. The van der Waals surface area contributed by atoms with Crippen LogP contribution < -0.4 is 0 Å². The summed E-state index contributed by atoms with van der Waals surface area (Å²) in [6, 6.07) is 0. The molecule has 0 aliphatic carbocycles. The minimum absolute atomic E-state index is 0.0126. The number of nitrogens with zero attached hydrogens (tertiary/aromatic N) is 2. The number of halogens is 1. The van der Waals surface area contributed by atoms with Crippen LogP contribution in [0.1, 0.15) is 13.8 Å². The van der Waals surface area contributed by atoms with Crippen molar-refractivity contribution in [3.63, 3.8) is 0 Å². The Morgan fingerprint density at radius 3 is 2.61 bits per heavy atom. The van der Waals surface area contributed by atoms with Crippen molar-refractivity contribution in [2.75, 3.05) is 39.3 Å². The summed E-state index contributed by atoms with van der Waals surface area (Å²) in [5.41, 5.74) is -0.0421. The number of ketones is 1. The largest absolute Gasteiger partial charge is 0.305 e. The Hall–Kier alpha value is -0.380. The van der Waals surface area contributed by atoms with Crippen molar-refractivity contribution in [3.05, 3.63) is 12.7 Å². The number of carbonyl (C=O) groups excluding carboxylic acids is 1.